The highest BCUT2D eigenvalue weighted by molar-refractivity contribution is 6.70. The molecule has 0 saturated carbocycles. The zero-order chi connectivity index (χ0) is 5.11. The lowest BCUT2D eigenvalue weighted by molar-refractivity contribution is 1.03. The van der Waals surface area contributed by atoms with Crippen molar-refractivity contribution >= 4 is 33.1 Å². The van der Waals surface area contributed by atoms with Crippen LogP contribution in [-0.4, -0.2) is 37.4 Å². The Kier molecular flexibility index (Phi) is 1.99. The molecule has 7 heteroatoms. The Balaban J connectivity index is 2.12. The van der Waals surface area contributed by atoms with Crippen molar-refractivity contribution in [2.24, 2.45) is 0 Å². The molecule has 0 atom stereocenters. The highest BCUT2D eigenvalue weighted by Gasteiger charge is 2.06. The molecule has 0 radical (unpaired) electrons. The molecule has 1 aliphatic rings. The van der Waals surface area contributed by atoms with Gasteiger partial charge in [-0.05, 0) is 0 Å². The van der Waals surface area contributed by atoms with E-state index in [1.54, 1.807) is 0 Å². The third kappa shape index (κ3) is 1.69. The Hall–Kier alpha value is 0.292. The normalized spacial score (nSPS) is 22.3. The first kappa shape index (κ1) is 5.43. The van der Waals surface area contributed by atoms with Gasteiger partial charge in [-0.1, -0.05) is 0 Å². The Morgan fingerprint density at radius 1 is 1.29 bits per heavy atom. The van der Waals surface area contributed by atoms with E-state index in [9.17, 15) is 0 Å². The minimum Gasteiger partial charge on any atom is -0.394 e. The van der Waals surface area contributed by atoms with Gasteiger partial charge in [-0.2, -0.15) is 0 Å². The van der Waals surface area contributed by atoms with Gasteiger partial charge in [0.2, 0.25) is 0 Å². The molecule has 0 amide bonds. The van der Waals surface area contributed by atoms with Crippen LogP contribution in [0.1, 0.15) is 0 Å². The molecule has 0 bridgehead atoms. The molecule has 1 aliphatic heterocycles. The van der Waals surface area contributed by atoms with Crippen molar-refractivity contribution < 1.29 is 0 Å². The summed E-state index contributed by atoms with van der Waals surface area (Å²) in [5, 5.41) is 6.37. The molecule has 36 valence electrons. The highest BCUT2D eigenvalue weighted by atomic mass is 28.2. The van der Waals surface area contributed by atoms with Crippen LogP contribution in [0, 0.1) is 0 Å². The maximum atomic E-state index is 3.18. The fraction of sp³-hybridized carbons (Fsp3) is 0. The lowest BCUT2D eigenvalue weighted by Crippen LogP contribution is -2.56. The van der Waals surface area contributed by atoms with Crippen molar-refractivity contribution in [2.45, 2.75) is 0 Å². The van der Waals surface area contributed by atoms with Gasteiger partial charge >= 0.3 is 0 Å². The number of nitrogens with one attached hydrogen (secondary N) is 2. The highest BCUT2D eigenvalue weighted by Crippen LogP contribution is 1.67. The average Bonchev–Trinajstić information content (AvgIpc) is 1.69. The van der Waals surface area contributed by atoms with Crippen LogP contribution in [0.15, 0.2) is 0 Å². The first-order valence-corrected chi connectivity index (χ1v) is 3.39. The van der Waals surface area contributed by atoms with Gasteiger partial charge in [-0.15, -0.1) is 0 Å². The molecule has 2 N–H and O–H groups in total. The van der Waals surface area contributed by atoms with Gasteiger partial charge in [0, 0.05) is 0 Å². The van der Waals surface area contributed by atoms with Crippen LogP contribution in [0.5, 0.6) is 0 Å². The van der Waals surface area contributed by atoms with Crippen LogP contribution in [-0.2, 0) is 0 Å². The summed E-state index contributed by atoms with van der Waals surface area (Å²) in [5.41, 5.74) is 0. The molecule has 1 fully saturated rings. The molecule has 0 aromatic carbocycles. The van der Waals surface area contributed by atoms with E-state index in [4.69, 9.17) is 0 Å². The fourth-order valence-corrected chi connectivity index (χ4v) is 1.09. The maximum absolute atomic E-state index is 3.18. The molecule has 0 spiro atoms. The molecular formula is H8B3N3Si. The molecular weight excluding hydrogens is 103 g/mol. The number of hydrogen-bond acceptors (Lipinski definition) is 3. The Morgan fingerprint density at radius 2 is 1.86 bits per heavy atom. The third-order valence-corrected chi connectivity index (χ3v) is 1.65. The summed E-state index contributed by atoms with van der Waals surface area (Å²) >= 11 is 0. The topological polar surface area (TPSA) is 27.3 Å². The lowest BCUT2D eigenvalue weighted by Gasteiger charge is -2.20. The van der Waals surface area contributed by atoms with E-state index in [-0.39, 0.29) is 0 Å². The van der Waals surface area contributed by atoms with E-state index in [0.717, 1.165) is 33.1 Å². The molecule has 7 heavy (non-hydrogen) atoms. The van der Waals surface area contributed by atoms with Gasteiger partial charge < -0.3 is 14.7 Å². The second-order valence-electron chi connectivity index (χ2n) is 1.85. The zero-order valence-electron chi connectivity index (χ0n) is 4.57. The standard InChI is InChI=1S/B3H8N3Si/c7-6-2-4-1-5-3-6/h1-5H,7H3. The summed E-state index contributed by atoms with van der Waals surface area (Å²) in [4.78, 5) is 0. The Morgan fingerprint density at radius 3 is 2.14 bits per heavy atom. The molecule has 0 aromatic heterocycles. The van der Waals surface area contributed by atoms with Crippen molar-refractivity contribution in [3.05, 3.63) is 0 Å². The predicted molar refractivity (Wildman–Crippen MR) is 39.5 cm³/mol. The van der Waals surface area contributed by atoms with E-state index < -0.39 is 0 Å². The minimum atomic E-state index is 0.971. The van der Waals surface area contributed by atoms with E-state index in [1.807, 2.05) is 0 Å². The van der Waals surface area contributed by atoms with Gasteiger partial charge in [-0.25, -0.2) is 0 Å². The van der Waals surface area contributed by atoms with Crippen molar-refractivity contribution in [3.8, 4) is 0 Å². The minimum absolute atomic E-state index is 0.971. The molecule has 0 aliphatic carbocycles. The third-order valence-electron chi connectivity index (χ3n) is 1.01. The van der Waals surface area contributed by atoms with E-state index in [2.05, 4.69) is 14.7 Å². The van der Waals surface area contributed by atoms with Crippen LogP contribution in [0.25, 0.3) is 0 Å². The maximum Gasteiger partial charge on any atom is 0.265 e. The van der Waals surface area contributed by atoms with E-state index in [0.29, 0.717) is 0 Å². The molecule has 3 nitrogen and oxygen atoms in total. The van der Waals surface area contributed by atoms with Crippen molar-refractivity contribution in [1.29, 1.82) is 0 Å². The number of nitrogens with zero attached hydrogens (tertiary/aromatic N) is 1. The number of hydrogen-bond donors (Lipinski definition) is 2. The summed E-state index contributed by atoms with van der Waals surface area (Å²) in [6.45, 7) is 0. The summed E-state index contributed by atoms with van der Waals surface area (Å²) in [7, 11) is 4.27. The van der Waals surface area contributed by atoms with Gasteiger partial charge in [0.05, 0.1) is 10.4 Å². The lowest BCUT2D eigenvalue weighted by atomic mass is 9.85. The SMILES string of the molecule is [SiH3]N1BNBNB1. The summed E-state index contributed by atoms with van der Waals surface area (Å²) in [5.74, 6) is 0. The second kappa shape index (κ2) is 2.56. The fourth-order valence-electron chi connectivity index (χ4n) is 0.638. The average molecular weight is 111 g/mol. The summed E-state index contributed by atoms with van der Waals surface area (Å²) in [6.07, 6.45) is 0. The van der Waals surface area contributed by atoms with Crippen molar-refractivity contribution in [1.82, 2.24) is 14.7 Å². The van der Waals surface area contributed by atoms with Crippen LogP contribution >= 0.6 is 0 Å². The van der Waals surface area contributed by atoms with Gasteiger partial charge in [0.25, 0.3) is 22.6 Å². The smallest absolute Gasteiger partial charge is 0.265 e. The predicted octanol–water partition coefficient (Wildman–Crippen LogP) is -4.44. The molecule has 1 heterocycles. The molecule has 1 saturated heterocycles. The molecule has 0 aromatic rings. The first-order chi connectivity index (χ1) is 3.39. The molecule has 0 unspecified atom stereocenters. The van der Waals surface area contributed by atoms with E-state index >= 15 is 0 Å². The largest absolute Gasteiger partial charge is 0.394 e. The second-order valence-corrected chi connectivity index (χ2v) is 3.11. The van der Waals surface area contributed by atoms with Gasteiger partial charge in [0.1, 0.15) is 0 Å². The monoisotopic (exact) mass is 111 g/mol. The first-order valence-electron chi connectivity index (χ1n) is 2.49. The van der Waals surface area contributed by atoms with Gasteiger partial charge in [0.15, 0.2) is 0 Å². The van der Waals surface area contributed by atoms with Crippen LogP contribution in [0.3, 0.4) is 0 Å². The quantitative estimate of drug-likeness (QED) is 0.308. The van der Waals surface area contributed by atoms with Crippen molar-refractivity contribution in [2.75, 3.05) is 0 Å². The summed E-state index contributed by atoms with van der Waals surface area (Å²) < 4.78 is 2.31. The van der Waals surface area contributed by atoms with Crippen LogP contribution < -0.4 is 10.3 Å². The number of rotatable bonds is 0. The summed E-state index contributed by atoms with van der Waals surface area (Å²) in [6, 6.07) is 0. The zero-order valence-corrected chi connectivity index (χ0v) is 6.57. The Labute approximate surface area is 48.6 Å². The Bertz CT molecular complexity index is 52.1. The van der Waals surface area contributed by atoms with Gasteiger partial charge in [-0.3, -0.25) is 0 Å². The van der Waals surface area contributed by atoms with Crippen LogP contribution in [0.2, 0.25) is 0 Å². The van der Waals surface area contributed by atoms with E-state index in [1.165, 1.54) is 0 Å². The molecule has 1 rings (SSSR count). The van der Waals surface area contributed by atoms with Crippen LogP contribution in [0.4, 0.5) is 0 Å². The van der Waals surface area contributed by atoms with Crippen molar-refractivity contribution in [3.63, 3.8) is 0 Å².